The van der Waals surface area contributed by atoms with Gasteiger partial charge in [-0.15, -0.1) is 6.42 Å². The molecule has 1 aromatic heterocycles. The Labute approximate surface area is 173 Å². The van der Waals surface area contributed by atoms with Gasteiger partial charge in [-0.25, -0.2) is 4.98 Å². The molecule has 0 fully saturated rings. The second-order valence-electron chi connectivity index (χ2n) is 6.61. The van der Waals surface area contributed by atoms with E-state index in [1.165, 1.54) is 0 Å². The lowest BCUT2D eigenvalue weighted by Crippen LogP contribution is -2.20. The minimum atomic E-state index is -0.0434. The van der Waals surface area contributed by atoms with Gasteiger partial charge in [0.1, 0.15) is 12.4 Å². The summed E-state index contributed by atoms with van der Waals surface area (Å²) in [6, 6.07) is 10.8. The van der Waals surface area contributed by atoms with Crippen molar-refractivity contribution in [2.45, 2.75) is 19.9 Å². The van der Waals surface area contributed by atoms with E-state index >= 15 is 0 Å². The zero-order chi connectivity index (χ0) is 20.4. The summed E-state index contributed by atoms with van der Waals surface area (Å²) < 4.78 is 13.0. The number of halogens is 1. The number of benzene rings is 2. The normalized spacial score (nSPS) is 14.0. The van der Waals surface area contributed by atoms with Crippen LogP contribution in [0.5, 0.6) is 11.5 Å². The number of terminal acetylenes is 1. The summed E-state index contributed by atoms with van der Waals surface area (Å²) in [5, 5.41) is 1.13. The van der Waals surface area contributed by atoms with Crippen molar-refractivity contribution in [3.63, 3.8) is 0 Å². The first-order valence-electron chi connectivity index (χ1n) is 9.35. The lowest BCUT2D eigenvalue weighted by atomic mass is 10.1. The molecule has 0 saturated carbocycles. The Morgan fingerprint density at radius 2 is 2.10 bits per heavy atom. The number of rotatable bonds is 5. The fourth-order valence-electron chi connectivity index (χ4n) is 3.45. The average Bonchev–Trinajstić information content (AvgIpc) is 3.10. The van der Waals surface area contributed by atoms with E-state index in [2.05, 4.69) is 5.92 Å². The average molecular weight is 407 g/mol. The fourth-order valence-corrected chi connectivity index (χ4v) is 3.62. The standard InChI is InChI=1S/C23H19ClN2O3/c1-3-11-29-20-8-5-15(13-21(20)28-4-2)12-16-9-10-26-22(16)25-19-14-17(24)6-7-18(19)23(26)27/h1,5-8,12-14H,4,9-11H2,2H3/b16-12+. The minimum absolute atomic E-state index is 0.0434. The van der Waals surface area contributed by atoms with Gasteiger partial charge < -0.3 is 9.47 Å². The summed E-state index contributed by atoms with van der Waals surface area (Å²) >= 11 is 6.08. The molecule has 0 atom stereocenters. The van der Waals surface area contributed by atoms with Gasteiger partial charge in [0.2, 0.25) is 0 Å². The Bertz CT molecular complexity index is 1220. The highest BCUT2D eigenvalue weighted by Gasteiger charge is 2.21. The Kier molecular flexibility index (Phi) is 5.28. The number of hydrogen-bond acceptors (Lipinski definition) is 4. The van der Waals surface area contributed by atoms with E-state index in [4.69, 9.17) is 32.5 Å². The molecule has 3 aromatic rings. The molecule has 1 aliphatic heterocycles. The van der Waals surface area contributed by atoms with Crippen LogP contribution in [-0.4, -0.2) is 22.8 Å². The number of allylic oxidation sites excluding steroid dienone is 1. The largest absolute Gasteiger partial charge is 0.490 e. The van der Waals surface area contributed by atoms with Crippen molar-refractivity contribution in [1.29, 1.82) is 0 Å². The SMILES string of the molecule is C#CCOc1ccc(/C=C2\CCn3c2nc2cc(Cl)ccc2c3=O)cc1OCC. The van der Waals surface area contributed by atoms with Crippen molar-refractivity contribution < 1.29 is 9.47 Å². The first-order valence-corrected chi connectivity index (χ1v) is 9.72. The van der Waals surface area contributed by atoms with Crippen LogP contribution in [0.15, 0.2) is 41.2 Å². The van der Waals surface area contributed by atoms with Crippen LogP contribution in [0.1, 0.15) is 24.7 Å². The first kappa shape index (κ1) is 19.1. The Hall–Kier alpha value is -3.23. The summed E-state index contributed by atoms with van der Waals surface area (Å²) in [5.41, 5.74) is 2.49. The molecular formula is C23H19ClN2O3. The van der Waals surface area contributed by atoms with Gasteiger partial charge >= 0.3 is 0 Å². The van der Waals surface area contributed by atoms with E-state index in [0.29, 0.717) is 46.4 Å². The van der Waals surface area contributed by atoms with Gasteiger partial charge in [0.05, 0.1) is 17.5 Å². The topological polar surface area (TPSA) is 53.4 Å². The number of hydrogen-bond donors (Lipinski definition) is 0. The summed E-state index contributed by atoms with van der Waals surface area (Å²) in [6.45, 7) is 3.21. The summed E-state index contributed by atoms with van der Waals surface area (Å²) in [5.74, 6) is 4.37. The number of nitrogens with zero attached hydrogens (tertiary/aromatic N) is 2. The van der Waals surface area contributed by atoms with E-state index in [-0.39, 0.29) is 12.2 Å². The van der Waals surface area contributed by atoms with Gasteiger partial charge in [-0.1, -0.05) is 23.6 Å². The fraction of sp³-hybridized carbons (Fsp3) is 0.217. The van der Waals surface area contributed by atoms with Crippen molar-refractivity contribution in [1.82, 2.24) is 9.55 Å². The molecule has 6 heteroatoms. The lowest BCUT2D eigenvalue weighted by Gasteiger charge is -2.11. The van der Waals surface area contributed by atoms with Crippen LogP contribution in [0, 0.1) is 12.3 Å². The highest BCUT2D eigenvalue weighted by atomic mass is 35.5. The Morgan fingerprint density at radius 3 is 2.90 bits per heavy atom. The molecule has 4 rings (SSSR count). The molecule has 29 heavy (non-hydrogen) atoms. The van der Waals surface area contributed by atoms with E-state index < -0.39 is 0 Å². The van der Waals surface area contributed by atoms with Crippen molar-refractivity contribution >= 4 is 34.2 Å². The highest BCUT2D eigenvalue weighted by Crippen LogP contribution is 2.32. The van der Waals surface area contributed by atoms with Crippen molar-refractivity contribution in [2.24, 2.45) is 0 Å². The maximum absolute atomic E-state index is 12.8. The number of fused-ring (bicyclic) bond motifs is 2. The van der Waals surface area contributed by atoms with Crippen molar-refractivity contribution in [3.8, 4) is 23.8 Å². The van der Waals surface area contributed by atoms with Crippen LogP contribution in [0.4, 0.5) is 0 Å². The molecule has 0 unspecified atom stereocenters. The molecule has 0 bridgehead atoms. The molecular weight excluding hydrogens is 388 g/mol. The quantitative estimate of drug-likeness (QED) is 0.589. The molecule has 146 valence electrons. The molecule has 2 heterocycles. The summed E-state index contributed by atoms with van der Waals surface area (Å²) in [4.78, 5) is 17.5. The van der Waals surface area contributed by atoms with E-state index in [1.54, 1.807) is 22.8 Å². The van der Waals surface area contributed by atoms with Crippen LogP contribution < -0.4 is 15.0 Å². The van der Waals surface area contributed by atoms with Crippen LogP contribution in [-0.2, 0) is 6.54 Å². The Balaban J connectivity index is 1.76. The van der Waals surface area contributed by atoms with Gasteiger partial charge in [-0.2, -0.15) is 0 Å². The summed E-state index contributed by atoms with van der Waals surface area (Å²) in [6.07, 6.45) is 8.03. The predicted octanol–water partition coefficient (Wildman–Crippen LogP) is 4.40. The zero-order valence-electron chi connectivity index (χ0n) is 15.9. The molecule has 0 amide bonds. The van der Waals surface area contributed by atoms with Gasteiger partial charge in [0.15, 0.2) is 11.5 Å². The maximum atomic E-state index is 12.8. The lowest BCUT2D eigenvalue weighted by molar-refractivity contribution is 0.299. The maximum Gasteiger partial charge on any atom is 0.261 e. The molecule has 0 saturated heterocycles. The molecule has 0 aliphatic carbocycles. The molecule has 0 spiro atoms. The smallest absolute Gasteiger partial charge is 0.261 e. The van der Waals surface area contributed by atoms with Crippen LogP contribution in [0.25, 0.3) is 22.6 Å². The van der Waals surface area contributed by atoms with E-state index in [9.17, 15) is 4.79 Å². The van der Waals surface area contributed by atoms with Gasteiger partial charge in [0, 0.05) is 11.6 Å². The third-order valence-corrected chi connectivity index (χ3v) is 4.96. The second kappa shape index (κ2) is 8.02. The Morgan fingerprint density at radius 1 is 1.24 bits per heavy atom. The third kappa shape index (κ3) is 3.72. The van der Waals surface area contributed by atoms with Gasteiger partial charge in [-0.05, 0) is 60.9 Å². The van der Waals surface area contributed by atoms with Crippen LogP contribution in [0.3, 0.4) is 0 Å². The third-order valence-electron chi connectivity index (χ3n) is 4.73. The second-order valence-corrected chi connectivity index (χ2v) is 7.04. The molecule has 2 aromatic carbocycles. The molecule has 0 radical (unpaired) electrons. The predicted molar refractivity (Wildman–Crippen MR) is 115 cm³/mol. The molecule has 1 aliphatic rings. The van der Waals surface area contributed by atoms with Gasteiger partial charge in [-0.3, -0.25) is 9.36 Å². The van der Waals surface area contributed by atoms with Crippen molar-refractivity contribution in [3.05, 3.63) is 63.2 Å². The molecule has 5 nitrogen and oxygen atoms in total. The zero-order valence-corrected chi connectivity index (χ0v) is 16.7. The van der Waals surface area contributed by atoms with Crippen molar-refractivity contribution in [2.75, 3.05) is 13.2 Å². The van der Waals surface area contributed by atoms with Crippen LogP contribution >= 0.6 is 11.6 Å². The highest BCUT2D eigenvalue weighted by molar-refractivity contribution is 6.31. The van der Waals surface area contributed by atoms with E-state index in [0.717, 1.165) is 17.6 Å². The number of aromatic nitrogens is 2. The monoisotopic (exact) mass is 406 g/mol. The van der Waals surface area contributed by atoms with Crippen LogP contribution in [0.2, 0.25) is 5.02 Å². The summed E-state index contributed by atoms with van der Waals surface area (Å²) in [7, 11) is 0. The van der Waals surface area contributed by atoms with E-state index in [1.807, 2.05) is 31.2 Å². The number of ether oxygens (including phenoxy) is 2. The first-order chi connectivity index (χ1) is 14.1. The minimum Gasteiger partial charge on any atom is -0.490 e. The molecule has 0 N–H and O–H groups in total. The van der Waals surface area contributed by atoms with Gasteiger partial charge in [0.25, 0.3) is 5.56 Å².